The Bertz CT molecular complexity index is 594. The van der Waals surface area contributed by atoms with Gasteiger partial charge in [-0.3, -0.25) is 24.1 Å². The Morgan fingerprint density at radius 1 is 0.938 bits per heavy atom. The first kappa shape index (κ1) is 28.1. The van der Waals surface area contributed by atoms with Crippen molar-refractivity contribution >= 4 is 23.6 Å². The molecule has 0 aromatic rings. The van der Waals surface area contributed by atoms with E-state index in [2.05, 4.69) is 12.2 Å². The van der Waals surface area contributed by atoms with Crippen molar-refractivity contribution in [3.63, 3.8) is 0 Å². The van der Waals surface area contributed by atoms with Crippen LogP contribution in [0.1, 0.15) is 117 Å². The van der Waals surface area contributed by atoms with Gasteiger partial charge in [0.25, 0.3) is 0 Å². The van der Waals surface area contributed by atoms with E-state index in [-0.39, 0.29) is 23.6 Å². The van der Waals surface area contributed by atoms with E-state index in [0.717, 1.165) is 25.7 Å². The first-order chi connectivity index (χ1) is 15.4. The van der Waals surface area contributed by atoms with Crippen LogP contribution in [0.2, 0.25) is 0 Å². The molecule has 1 saturated heterocycles. The highest BCUT2D eigenvalue weighted by Crippen LogP contribution is 2.19. The van der Waals surface area contributed by atoms with Crippen LogP contribution in [-0.4, -0.2) is 41.1 Å². The van der Waals surface area contributed by atoms with Crippen LogP contribution in [0.25, 0.3) is 0 Å². The van der Waals surface area contributed by atoms with E-state index in [1.54, 1.807) is 6.92 Å². The second-order valence-corrected chi connectivity index (χ2v) is 9.29. The first-order valence-electron chi connectivity index (χ1n) is 12.8. The molecular weight excluding hydrogens is 406 g/mol. The highest BCUT2D eigenvalue weighted by molar-refractivity contribution is 6.03. The van der Waals surface area contributed by atoms with Crippen molar-refractivity contribution in [1.29, 1.82) is 0 Å². The number of hydrogen-bond donors (Lipinski definition) is 2. The van der Waals surface area contributed by atoms with Crippen molar-refractivity contribution < 1.29 is 19.2 Å². The number of unbranched alkanes of at least 4 members (excludes halogenated alkanes) is 11. The Hall–Kier alpha value is -1.92. The van der Waals surface area contributed by atoms with Crippen molar-refractivity contribution in [2.45, 2.75) is 123 Å². The molecule has 2 atom stereocenters. The van der Waals surface area contributed by atoms with E-state index < -0.39 is 11.9 Å². The van der Waals surface area contributed by atoms with Crippen molar-refractivity contribution in [3.05, 3.63) is 0 Å². The smallest absolute Gasteiger partial charge is 0.239 e. The summed E-state index contributed by atoms with van der Waals surface area (Å²) in [5.74, 6) is -1.05. The molecule has 1 fully saturated rings. The average molecular weight is 452 g/mol. The van der Waals surface area contributed by atoms with Gasteiger partial charge in [-0.05, 0) is 19.3 Å². The zero-order valence-electron chi connectivity index (χ0n) is 20.3. The summed E-state index contributed by atoms with van der Waals surface area (Å²) in [6.45, 7) is 4.42. The predicted molar refractivity (Wildman–Crippen MR) is 127 cm³/mol. The van der Waals surface area contributed by atoms with Crippen LogP contribution in [-0.2, 0) is 19.2 Å². The lowest BCUT2D eigenvalue weighted by Gasteiger charge is -2.16. The zero-order chi connectivity index (χ0) is 23.8. The number of imide groups is 1. The SMILES string of the molecule is CCCCCCCCCCCCC(NC(=O)CCCCCN1C(=O)CC(C)C1=O)C(N)=O. The van der Waals surface area contributed by atoms with Crippen LogP contribution in [0.3, 0.4) is 0 Å². The standard InChI is InChI=1S/C25H45N3O4/c1-3-4-5-6-7-8-9-10-11-13-16-21(24(26)31)27-22(29)17-14-12-15-18-28-23(30)19-20(2)25(28)32/h20-21H,3-19H2,1-2H3,(H2,26,31)(H,27,29). The Labute approximate surface area is 194 Å². The molecule has 7 nitrogen and oxygen atoms in total. The molecule has 0 aliphatic carbocycles. The number of hydrogen-bond acceptors (Lipinski definition) is 4. The summed E-state index contributed by atoms with van der Waals surface area (Å²) in [7, 11) is 0. The molecule has 3 N–H and O–H groups in total. The number of primary amides is 1. The highest BCUT2D eigenvalue weighted by atomic mass is 16.2. The number of amides is 4. The number of likely N-dealkylation sites (tertiary alicyclic amines) is 1. The van der Waals surface area contributed by atoms with E-state index in [0.29, 0.717) is 38.6 Å². The molecule has 1 rings (SSSR count). The van der Waals surface area contributed by atoms with Gasteiger partial charge in [0.05, 0.1) is 0 Å². The van der Waals surface area contributed by atoms with E-state index >= 15 is 0 Å². The highest BCUT2D eigenvalue weighted by Gasteiger charge is 2.34. The number of nitrogens with one attached hydrogen (secondary N) is 1. The summed E-state index contributed by atoms with van der Waals surface area (Å²) in [4.78, 5) is 48.8. The lowest BCUT2D eigenvalue weighted by atomic mass is 10.0. The van der Waals surface area contributed by atoms with Gasteiger partial charge < -0.3 is 11.1 Å². The number of nitrogens with two attached hydrogens (primary N) is 1. The Balaban J connectivity index is 2.08. The zero-order valence-corrected chi connectivity index (χ0v) is 20.3. The van der Waals surface area contributed by atoms with E-state index in [1.165, 1.54) is 49.8 Å². The summed E-state index contributed by atoms with van der Waals surface area (Å²) < 4.78 is 0. The Morgan fingerprint density at radius 2 is 1.50 bits per heavy atom. The summed E-state index contributed by atoms with van der Waals surface area (Å²) in [5.41, 5.74) is 5.47. The topological polar surface area (TPSA) is 110 Å². The maximum atomic E-state index is 12.2. The number of carbonyl (C=O) groups excluding carboxylic acids is 4. The van der Waals surface area contributed by atoms with Crippen molar-refractivity contribution in [2.75, 3.05) is 6.54 Å². The maximum absolute atomic E-state index is 12.2. The van der Waals surface area contributed by atoms with Gasteiger partial charge >= 0.3 is 0 Å². The molecule has 0 radical (unpaired) electrons. The molecule has 0 aromatic heterocycles. The third-order valence-corrected chi connectivity index (χ3v) is 6.28. The second kappa shape index (κ2) is 16.7. The molecule has 7 heteroatoms. The lowest BCUT2D eigenvalue weighted by Crippen LogP contribution is -2.44. The minimum atomic E-state index is -0.599. The minimum Gasteiger partial charge on any atom is -0.368 e. The van der Waals surface area contributed by atoms with Gasteiger partial charge in [-0.1, -0.05) is 84.5 Å². The first-order valence-corrected chi connectivity index (χ1v) is 12.8. The van der Waals surface area contributed by atoms with Crippen molar-refractivity contribution in [3.8, 4) is 0 Å². The molecule has 2 unspecified atom stereocenters. The molecule has 1 heterocycles. The van der Waals surface area contributed by atoms with Crippen LogP contribution >= 0.6 is 0 Å². The molecule has 0 spiro atoms. The van der Waals surface area contributed by atoms with Gasteiger partial charge in [-0.15, -0.1) is 0 Å². The van der Waals surface area contributed by atoms with Crippen LogP contribution in [0.15, 0.2) is 0 Å². The molecule has 32 heavy (non-hydrogen) atoms. The fourth-order valence-corrected chi connectivity index (χ4v) is 4.20. The maximum Gasteiger partial charge on any atom is 0.239 e. The van der Waals surface area contributed by atoms with Gasteiger partial charge in [0.2, 0.25) is 23.6 Å². The molecule has 0 bridgehead atoms. The monoisotopic (exact) mass is 451 g/mol. The molecule has 0 saturated carbocycles. The summed E-state index contributed by atoms with van der Waals surface area (Å²) in [5, 5.41) is 2.77. The molecule has 0 aromatic carbocycles. The van der Waals surface area contributed by atoms with Gasteiger partial charge in [0, 0.05) is 25.3 Å². The van der Waals surface area contributed by atoms with Crippen LogP contribution < -0.4 is 11.1 Å². The third-order valence-electron chi connectivity index (χ3n) is 6.28. The van der Waals surface area contributed by atoms with Gasteiger partial charge in [0.1, 0.15) is 6.04 Å². The van der Waals surface area contributed by atoms with Crippen LogP contribution in [0, 0.1) is 5.92 Å². The van der Waals surface area contributed by atoms with Crippen LogP contribution in [0.5, 0.6) is 0 Å². The summed E-state index contributed by atoms with van der Waals surface area (Å²) in [6.07, 6.45) is 15.5. The van der Waals surface area contributed by atoms with Crippen molar-refractivity contribution in [2.24, 2.45) is 11.7 Å². The van der Waals surface area contributed by atoms with E-state index in [4.69, 9.17) is 5.73 Å². The molecule has 184 valence electrons. The number of nitrogens with zero attached hydrogens (tertiary/aromatic N) is 1. The normalized spacial score (nSPS) is 17.1. The van der Waals surface area contributed by atoms with Gasteiger partial charge in [-0.2, -0.15) is 0 Å². The molecule has 4 amide bonds. The van der Waals surface area contributed by atoms with Crippen molar-refractivity contribution in [1.82, 2.24) is 10.2 Å². The van der Waals surface area contributed by atoms with E-state index in [1.807, 2.05) is 0 Å². The molecule has 1 aliphatic heterocycles. The number of rotatable bonds is 19. The average Bonchev–Trinajstić information content (AvgIpc) is 2.99. The quantitative estimate of drug-likeness (QED) is 0.226. The second-order valence-electron chi connectivity index (χ2n) is 9.29. The van der Waals surface area contributed by atoms with Crippen LogP contribution in [0.4, 0.5) is 0 Å². The minimum absolute atomic E-state index is 0.0935. The van der Waals surface area contributed by atoms with Gasteiger partial charge in [0.15, 0.2) is 0 Å². The largest absolute Gasteiger partial charge is 0.368 e. The third kappa shape index (κ3) is 11.6. The van der Waals surface area contributed by atoms with E-state index in [9.17, 15) is 19.2 Å². The molecular formula is C25H45N3O4. The summed E-state index contributed by atoms with van der Waals surface area (Å²) >= 11 is 0. The predicted octanol–water partition coefficient (Wildman–Crippen LogP) is 4.22. The Morgan fingerprint density at radius 3 is 2.03 bits per heavy atom. The van der Waals surface area contributed by atoms with Gasteiger partial charge in [-0.25, -0.2) is 0 Å². The Kier molecular flexibility index (Phi) is 14.7. The number of carbonyl (C=O) groups is 4. The fraction of sp³-hybridized carbons (Fsp3) is 0.840. The fourth-order valence-electron chi connectivity index (χ4n) is 4.20. The summed E-state index contributed by atoms with van der Waals surface area (Å²) in [6, 6.07) is -0.599. The lowest BCUT2D eigenvalue weighted by molar-refractivity contribution is -0.139. The molecule has 1 aliphatic rings.